The molecule has 1 aromatic rings. The zero-order valence-electron chi connectivity index (χ0n) is 10.7. The summed E-state index contributed by atoms with van der Waals surface area (Å²) in [5, 5.41) is 12.5. The molecule has 0 aromatic heterocycles. The van der Waals surface area contributed by atoms with Crippen LogP contribution in [0.15, 0.2) is 18.2 Å². The number of halogens is 1. The number of hydrogen-bond acceptors (Lipinski definition) is 2. The second-order valence-electron chi connectivity index (χ2n) is 5.37. The van der Waals surface area contributed by atoms with Crippen molar-refractivity contribution in [3.8, 4) is 5.75 Å². The Balaban J connectivity index is 1.98. The van der Waals surface area contributed by atoms with E-state index in [1.54, 1.807) is 6.07 Å². The number of amides is 1. The number of benzene rings is 1. The minimum Gasteiger partial charge on any atom is -0.506 e. The van der Waals surface area contributed by atoms with E-state index < -0.39 is 0 Å². The van der Waals surface area contributed by atoms with Crippen molar-refractivity contribution in [2.24, 2.45) is 11.3 Å². The second-order valence-corrected chi connectivity index (χ2v) is 5.77. The predicted octanol–water partition coefficient (Wildman–Crippen LogP) is 3.21. The molecule has 0 radical (unpaired) electrons. The van der Waals surface area contributed by atoms with Crippen LogP contribution in [0.4, 0.5) is 0 Å². The van der Waals surface area contributed by atoms with Crippen LogP contribution in [0.2, 0.25) is 5.02 Å². The average Bonchev–Trinajstić information content (AvgIpc) is 3.11. The van der Waals surface area contributed by atoms with Crippen LogP contribution in [0.1, 0.15) is 37.0 Å². The lowest BCUT2D eigenvalue weighted by molar-refractivity contribution is 0.0940. The molecule has 1 saturated carbocycles. The molecule has 98 valence electrons. The van der Waals surface area contributed by atoms with E-state index in [0.29, 0.717) is 18.0 Å². The Hall–Kier alpha value is -1.22. The van der Waals surface area contributed by atoms with E-state index in [0.717, 1.165) is 0 Å². The Bertz CT molecular complexity index is 467. The van der Waals surface area contributed by atoms with Gasteiger partial charge in [-0.2, -0.15) is 0 Å². The number of aromatic hydroxyl groups is 1. The first-order valence-electron chi connectivity index (χ1n) is 6.21. The van der Waals surface area contributed by atoms with Gasteiger partial charge < -0.3 is 10.4 Å². The van der Waals surface area contributed by atoms with E-state index in [2.05, 4.69) is 19.2 Å². The van der Waals surface area contributed by atoms with Gasteiger partial charge >= 0.3 is 0 Å². The molecule has 18 heavy (non-hydrogen) atoms. The maximum Gasteiger partial charge on any atom is 0.251 e. The summed E-state index contributed by atoms with van der Waals surface area (Å²) in [7, 11) is 0. The van der Waals surface area contributed by atoms with Gasteiger partial charge in [0.15, 0.2) is 0 Å². The maximum atomic E-state index is 12.0. The molecule has 1 aliphatic rings. The van der Waals surface area contributed by atoms with Crippen molar-refractivity contribution < 1.29 is 9.90 Å². The van der Waals surface area contributed by atoms with Gasteiger partial charge in [0.2, 0.25) is 0 Å². The molecular formula is C14H18ClNO2. The van der Waals surface area contributed by atoms with Gasteiger partial charge in [-0.25, -0.2) is 0 Å². The van der Waals surface area contributed by atoms with Crippen molar-refractivity contribution >= 4 is 17.5 Å². The van der Waals surface area contributed by atoms with Crippen molar-refractivity contribution in [3.63, 3.8) is 0 Å². The summed E-state index contributed by atoms with van der Waals surface area (Å²) in [6, 6.07) is 4.50. The molecule has 1 amide bonds. The molecule has 0 unspecified atom stereocenters. The molecule has 2 N–H and O–H groups in total. The topological polar surface area (TPSA) is 49.3 Å². The van der Waals surface area contributed by atoms with Crippen LogP contribution < -0.4 is 5.32 Å². The molecule has 1 fully saturated rings. The van der Waals surface area contributed by atoms with E-state index in [4.69, 9.17) is 11.6 Å². The summed E-state index contributed by atoms with van der Waals surface area (Å²) < 4.78 is 0. The normalized spacial score (nSPS) is 16.7. The number of carbonyl (C=O) groups excluding carboxylic acids is 1. The summed E-state index contributed by atoms with van der Waals surface area (Å²) in [5.41, 5.74) is 0.772. The summed E-state index contributed by atoms with van der Waals surface area (Å²) in [6.07, 6.45) is 2.36. The fraction of sp³-hybridized carbons (Fsp3) is 0.500. The first kappa shape index (κ1) is 13.2. The Morgan fingerprint density at radius 2 is 2.17 bits per heavy atom. The zero-order valence-corrected chi connectivity index (χ0v) is 11.4. The lowest BCUT2D eigenvalue weighted by atomic mass is 9.92. The molecule has 1 aromatic carbocycles. The maximum absolute atomic E-state index is 12.0. The Kier molecular flexibility index (Phi) is 3.53. The highest BCUT2D eigenvalue weighted by atomic mass is 35.5. The molecule has 1 aliphatic carbocycles. The van der Waals surface area contributed by atoms with Crippen LogP contribution in [0.25, 0.3) is 0 Å². The van der Waals surface area contributed by atoms with E-state index in [1.807, 2.05) is 0 Å². The fourth-order valence-electron chi connectivity index (χ4n) is 2.13. The van der Waals surface area contributed by atoms with Gasteiger partial charge in [0.05, 0.1) is 5.02 Å². The third-order valence-electron chi connectivity index (χ3n) is 3.93. The quantitative estimate of drug-likeness (QED) is 0.880. The molecule has 0 atom stereocenters. The molecular weight excluding hydrogens is 250 g/mol. The molecule has 0 saturated heterocycles. The number of carbonyl (C=O) groups is 1. The lowest BCUT2D eigenvalue weighted by Gasteiger charge is -2.20. The van der Waals surface area contributed by atoms with Crippen molar-refractivity contribution in [1.29, 1.82) is 0 Å². The molecule has 0 heterocycles. The molecule has 3 nitrogen and oxygen atoms in total. The minimum atomic E-state index is -0.135. The zero-order chi connectivity index (χ0) is 13.3. The van der Waals surface area contributed by atoms with Crippen LogP contribution in [0.3, 0.4) is 0 Å². The van der Waals surface area contributed by atoms with Gasteiger partial charge in [0.25, 0.3) is 5.91 Å². The average molecular weight is 268 g/mol. The molecule has 0 spiro atoms. The van der Waals surface area contributed by atoms with Crippen molar-refractivity contribution in [2.45, 2.75) is 26.7 Å². The van der Waals surface area contributed by atoms with Gasteiger partial charge in [-0.15, -0.1) is 0 Å². The lowest BCUT2D eigenvalue weighted by Crippen LogP contribution is -2.32. The smallest absolute Gasteiger partial charge is 0.251 e. The van der Waals surface area contributed by atoms with Crippen molar-refractivity contribution in [2.75, 3.05) is 6.54 Å². The SMILES string of the molecule is CC(C)C1(CNC(=O)c2ccc(O)c(Cl)c2)CC1. The van der Waals surface area contributed by atoms with Gasteiger partial charge in [0, 0.05) is 12.1 Å². The third kappa shape index (κ3) is 2.61. The Morgan fingerprint density at radius 1 is 1.50 bits per heavy atom. The van der Waals surface area contributed by atoms with Crippen molar-refractivity contribution in [1.82, 2.24) is 5.32 Å². The van der Waals surface area contributed by atoms with Crippen LogP contribution in [0.5, 0.6) is 5.75 Å². The van der Waals surface area contributed by atoms with Gasteiger partial charge in [0.1, 0.15) is 5.75 Å². The van der Waals surface area contributed by atoms with Crippen LogP contribution >= 0.6 is 11.6 Å². The number of nitrogens with one attached hydrogen (secondary N) is 1. The largest absolute Gasteiger partial charge is 0.506 e. The molecule has 0 bridgehead atoms. The number of hydrogen-bond donors (Lipinski definition) is 2. The van der Waals surface area contributed by atoms with Crippen molar-refractivity contribution in [3.05, 3.63) is 28.8 Å². The van der Waals surface area contributed by atoms with Gasteiger partial charge in [-0.1, -0.05) is 25.4 Å². The number of phenols is 1. The number of rotatable bonds is 4. The molecule has 4 heteroatoms. The second kappa shape index (κ2) is 4.81. The first-order chi connectivity index (χ1) is 8.44. The first-order valence-corrected chi connectivity index (χ1v) is 6.59. The van der Waals surface area contributed by atoms with E-state index in [-0.39, 0.29) is 22.1 Å². The molecule has 2 rings (SSSR count). The van der Waals surface area contributed by atoms with E-state index in [1.165, 1.54) is 25.0 Å². The van der Waals surface area contributed by atoms with Gasteiger partial charge in [-0.05, 0) is 42.4 Å². The summed E-state index contributed by atoms with van der Waals surface area (Å²) in [5.74, 6) is 0.444. The summed E-state index contributed by atoms with van der Waals surface area (Å²) in [4.78, 5) is 12.0. The van der Waals surface area contributed by atoms with E-state index in [9.17, 15) is 9.90 Å². The molecule has 0 aliphatic heterocycles. The monoisotopic (exact) mass is 267 g/mol. The van der Waals surface area contributed by atoms with E-state index >= 15 is 0 Å². The Morgan fingerprint density at radius 3 is 2.67 bits per heavy atom. The third-order valence-corrected chi connectivity index (χ3v) is 4.23. The summed E-state index contributed by atoms with van der Waals surface area (Å²) in [6.45, 7) is 5.09. The minimum absolute atomic E-state index is 0.00550. The highest BCUT2D eigenvalue weighted by Gasteiger charge is 2.45. The number of phenolic OH excluding ortho intramolecular Hbond substituents is 1. The van der Waals surface area contributed by atoms with Crippen LogP contribution in [-0.2, 0) is 0 Å². The Labute approximate surface area is 112 Å². The standard InChI is InChI=1S/C14H18ClNO2/c1-9(2)14(5-6-14)8-16-13(18)10-3-4-12(17)11(15)7-10/h3-4,7,9,17H,5-6,8H2,1-2H3,(H,16,18). The van der Waals surface area contributed by atoms with Gasteiger partial charge in [-0.3, -0.25) is 4.79 Å². The van der Waals surface area contributed by atoms with Crippen LogP contribution in [-0.4, -0.2) is 17.6 Å². The highest BCUT2D eigenvalue weighted by Crippen LogP contribution is 2.51. The predicted molar refractivity (Wildman–Crippen MR) is 72.0 cm³/mol. The summed E-state index contributed by atoms with van der Waals surface area (Å²) >= 11 is 5.78. The van der Waals surface area contributed by atoms with Crippen LogP contribution in [0, 0.1) is 11.3 Å². The fourth-order valence-corrected chi connectivity index (χ4v) is 2.31. The highest BCUT2D eigenvalue weighted by molar-refractivity contribution is 6.32.